The van der Waals surface area contributed by atoms with E-state index in [1.165, 1.54) is 0 Å². The summed E-state index contributed by atoms with van der Waals surface area (Å²) < 4.78 is 1.82. The van der Waals surface area contributed by atoms with E-state index in [2.05, 4.69) is 10.3 Å². The summed E-state index contributed by atoms with van der Waals surface area (Å²) in [6.07, 6.45) is 6.00. The van der Waals surface area contributed by atoms with Gasteiger partial charge in [-0.2, -0.15) is 11.8 Å². The van der Waals surface area contributed by atoms with Crippen molar-refractivity contribution >= 4 is 29.3 Å². The number of carbonyl (C=O) groups is 2. The first-order valence-electron chi connectivity index (χ1n) is 6.54. The van der Waals surface area contributed by atoms with Crippen molar-refractivity contribution < 1.29 is 14.7 Å². The van der Waals surface area contributed by atoms with Gasteiger partial charge in [0.2, 0.25) is 5.91 Å². The molecule has 0 aliphatic rings. The zero-order valence-electron chi connectivity index (χ0n) is 11.7. The number of carbonyl (C=O) groups excluding carboxylic acids is 1. The van der Waals surface area contributed by atoms with Crippen molar-refractivity contribution in [2.45, 2.75) is 18.9 Å². The number of hydrogen-bond donors (Lipinski definition) is 2. The van der Waals surface area contributed by atoms with Gasteiger partial charge in [-0.1, -0.05) is 6.07 Å². The van der Waals surface area contributed by atoms with Crippen LogP contribution in [0.1, 0.15) is 12.1 Å². The molecule has 0 saturated heterocycles. The van der Waals surface area contributed by atoms with Crippen LogP contribution in [0.15, 0.2) is 30.6 Å². The van der Waals surface area contributed by atoms with Crippen LogP contribution in [0.2, 0.25) is 0 Å². The van der Waals surface area contributed by atoms with E-state index in [0.29, 0.717) is 17.9 Å². The van der Waals surface area contributed by atoms with Gasteiger partial charge in [0.1, 0.15) is 11.7 Å². The van der Waals surface area contributed by atoms with Crippen LogP contribution in [-0.2, 0) is 16.0 Å². The fourth-order valence-electron chi connectivity index (χ4n) is 1.98. The first kappa shape index (κ1) is 15.4. The molecule has 6 nitrogen and oxygen atoms in total. The first-order chi connectivity index (χ1) is 10.1. The lowest BCUT2D eigenvalue weighted by molar-refractivity contribution is -0.141. The first-order valence-corrected chi connectivity index (χ1v) is 7.93. The molecule has 1 amide bonds. The second kappa shape index (κ2) is 7.12. The van der Waals surface area contributed by atoms with Gasteiger partial charge in [0.05, 0.1) is 12.1 Å². The minimum atomic E-state index is -1.01. The highest BCUT2D eigenvalue weighted by molar-refractivity contribution is 7.98. The standard InChI is InChI=1S/C14H17N3O3S/c1-21-7-5-11(14(19)20)16-13(18)8-10-9-17-6-3-2-4-12(17)15-10/h2-4,6,9,11H,5,7-8H2,1H3,(H,16,18)(H,19,20)/t11-/m0/s1. The maximum atomic E-state index is 11.9. The molecule has 2 rings (SSSR count). The number of thioether (sulfide) groups is 1. The number of aromatic nitrogens is 2. The molecule has 0 unspecified atom stereocenters. The smallest absolute Gasteiger partial charge is 0.326 e. The molecule has 2 aromatic rings. The number of hydrogen-bond acceptors (Lipinski definition) is 4. The second-order valence-electron chi connectivity index (χ2n) is 4.61. The maximum Gasteiger partial charge on any atom is 0.326 e. The molecule has 0 fully saturated rings. The van der Waals surface area contributed by atoms with E-state index < -0.39 is 12.0 Å². The summed E-state index contributed by atoms with van der Waals surface area (Å²) in [5.74, 6) is -0.648. The lowest BCUT2D eigenvalue weighted by Gasteiger charge is -2.13. The van der Waals surface area contributed by atoms with Gasteiger partial charge in [0, 0.05) is 12.4 Å². The van der Waals surface area contributed by atoms with Crippen LogP contribution in [0.5, 0.6) is 0 Å². The second-order valence-corrected chi connectivity index (χ2v) is 5.60. The lowest BCUT2D eigenvalue weighted by atomic mass is 10.2. The molecule has 1 atom stereocenters. The van der Waals surface area contributed by atoms with Crippen LogP contribution in [0.3, 0.4) is 0 Å². The molecular formula is C14H17N3O3S. The number of carboxylic acids is 1. The fourth-order valence-corrected chi connectivity index (χ4v) is 2.45. The molecule has 7 heteroatoms. The number of amides is 1. The molecular weight excluding hydrogens is 290 g/mol. The molecule has 2 heterocycles. The number of rotatable bonds is 7. The SMILES string of the molecule is CSCC[C@H](NC(=O)Cc1cn2ccccc2n1)C(=O)O. The predicted octanol–water partition coefficient (Wildman–Crippen LogP) is 1.20. The number of fused-ring (bicyclic) bond motifs is 1. The van der Waals surface area contributed by atoms with Gasteiger partial charge in [0.25, 0.3) is 0 Å². The Morgan fingerprint density at radius 3 is 2.95 bits per heavy atom. The minimum absolute atomic E-state index is 0.0741. The average molecular weight is 307 g/mol. The van der Waals surface area contributed by atoms with Crippen molar-refractivity contribution in [3.63, 3.8) is 0 Å². The molecule has 112 valence electrons. The maximum absolute atomic E-state index is 11.9. The van der Waals surface area contributed by atoms with Crippen molar-refractivity contribution in [1.82, 2.24) is 14.7 Å². The minimum Gasteiger partial charge on any atom is -0.480 e. The number of nitrogens with zero attached hydrogens (tertiary/aromatic N) is 2. The summed E-state index contributed by atoms with van der Waals surface area (Å²) in [6, 6.07) is 4.75. The van der Waals surface area contributed by atoms with Gasteiger partial charge in [-0.15, -0.1) is 0 Å². The van der Waals surface area contributed by atoms with Crippen LogP contribution in [-0.4, -0.2) is 44.4 Å². The van der Waals surface area contributed by atoms with Gasteiger partial charge >= 0.3 is 5.97 Å². The van der Waals surface area contributed by atoms with Crippen LogP contribution >= 0.6 is 11.8 Å². The van der Waals surface area contributed by atoms with E-state index in [1.807, 2.05) is 35.1 Å². The van der Waals surface area contributed by atoms with Crippen molar-refractivity contribution in [3.05, 3.63) is 36.3 Å². The van der Waals surface area contributed by atoms with Gasteiger partial charge in [-0.25, -0.2) is 9.78 Å². The van der Waals surface area contributed by atoms with E-state index in [0.717, 1.165) is 5.65 Å². The van der Waals surface area contributed by atoms with Crippen LogP contribution in [0, 0.1) is 0 Å². The Balaban J connectivity index is 1.98. The quantitative estimate of drug-likeness (QED) is 0.803. The molecule has 0 saturated carbocycles. The average Bonchev–Trinajstić information content (AvgIpc) is 2.85. The van der Waals surface area contributed by atoms with Crippen molar-refractivity contribution in [1.29, 1.82) is 0 Å². The summed E-state index contributed by atoms with van der Waals surface area (Å²) in [7, 11) is 0. The Hall–Kier alpha value is -2.02. The number of nitrogens with one attached hydrogen (secondary N) is 1. The van der Waals surface area contributed by atoms with Gasteiger partial charge in [-0.3, -0.25) is 4.79 Å². The lowest BCUT2D eigenvalue weighted by Crippen LogP contribution is -2.41. The molecule has 0 aromatic carbocycles. The number of imidazole rings is 1. The van der Waals surface area contributed by atoms with Gasteiger partial charge < -0.3 is 14.8 Å². The Morgan fingerprint density at radius 1 is 1.48 bits per heavy atom. The topological polar surface area (TPSA) is 83.7 Å². The molecule has 0 aliphatic carbocycles. The zero-order valence-corrected chi connectivity index (χ0v) is 12.5. The van der Waals surface area contributed by atoms with Gasteiger partial charge in [0.15, 0.2) is 0 Å². The van der Waals surface area contributed by atoms with Crippen molar-refractivity contribution in [3.8, 4) is 0 Å². The van der Waals surface area contributed by atoms with Crippen LogP contribution in [0.4, 0.5) is 0 Å². The fraction of sp³-hybridized carbons (Fsp3) is 0.357. The summed E-state index contributed by atoms with van der Waals surface area (Å²) in [4.78, 5) is 27.3. The predicted molar refractivity (Wildman–Crippen MR) is 81.5 cm³/mol. The zero-order chi connectivity index (χ0) is 15.2. The molecule has 0 radical (unpaired) electrons. The normalized spacial score (nSPS) is 12.2. The van der Waals surface area contributed by atoms with Crippen LogP contribution < -0.4 is 5.32 Å². The molecule has 2 aromatic heterocycles. The van der Waals surface area contributed by atoms with Crippen LogP contribution in [0.25, 0.3) is 5.65 Å². The number of pyridine rings is 1. The van der Waals surface area contributed by atoms with E-state index >= 15 is 0 Å². The van der Waals surface area contributed by atoms with Crippen molar-refractivity contribution in [2.24, 2.45) is 0 Å². The Labute approximate surface area is 126 Å². The third kappa shape index (κ3) is 4.22. The summed E-state index contributed by atoms with van der Waals surface area (Å²) in [5.41, 5.74) is 1.38. The summed E-state index contributed by atoms with van der Waals surface area (Å²) >= 11 is 1.55. The molecule has 2 N–H and O–H groups in total. The highest BCUT2D eigenvalue weighted by Crippen LogP contribution is 2.06. The highest BCUT2D eigenvalue weighted by Gasteiger charge is 2.19. The molecule has 0 bridgehead atoms. The Morgan fingerprint density at radius 2 is 2.29 bits per heavy atom. The summed E-state index contributed by atoms with van der Waals surface area (Å²) in [5, 5.41) is 11.6. The van der Waals surface area contributed by atoms with E-state index in [4.69, 9.17) is 5.11 Å². The largest absolute Gasteiger partial charge is 0.480 e. The monoisotopic (exact) mass is 307 g/mol. The third-order valence-corrected chi connectivity index (χ3v) is 3.64. The number of aliphatic carboxylic acids is 1. The van der Waals surface area contributed by atoms with Gasteiger partial charge in [-0.05, 0) is 30.6 Å². The van der Waals surface area contributed by atoms with E-state index in [9.17, 15) is 9.59 Å². The highest BCUT2D eigenvalue weighted by atomic mass is 32.2. The number of carboxylic acid groups (broad SMARTS) is 1. The molecule has 0 aliphatic heterocycles. The Kier molecular flexibility index (Phi) is 5.21. The molecule has 21 heavy (non-hydrogen) atoms. The summed E-state index contributed by atoms with van der Waals surface area (Å²) in [6.45, 7) is 0. The molecule has 0 spiro atoms. The van der Waals surface area contributed by atoms with E-state index in [1.54, 1.807) is 18.0 Å². The Bertz CT molecular complexity index is 608. The van der Waals surface area contributed by atoms with E-state index in [-0.39, 0.29) is 12.3 Å². The van der Waals surface area contributed by atoms with Crippen molar-refractivity contribution in [2.75, 3.05) is 12.0 Å². The third-order valence-electron chi connectivity index (χ3n) is 3.00.